The molecule has 2 atom stereocenters. The molecule has 1 aliphatic carbocycles. The number of hydrogen-bond acceptors (Lipinski definition) is 4. The van der Waals surface area contributed by atoms with E-state index in [2.05, 4.69) is 4.98 Å². The van der Waals surface area contributed by atoms with Crippen molar-refractivity contribution in [2.24, 2.45) is 0 Å². The van der Waals surface area contributed by atoms with Crippen LogP contribution in [-0.2, 0) is 11.2 Å². The van der Waals surface area contributed by atoms with Gasteiger partial charge < -0.3 is 10.0 Å². The monoisotopic (exact) mass is 463 g/mol. The SMILES string of the molecule is CC(=O)N1CN([C@H]2CCCC[C@@H]2O)C(=O)c2cc(Cc3ccc(Cl)nc3)c3ccccc3c21. The predicted octanol–water partition coefficient (Wildman–Crippen LogP) is 4.55. The molecule has 0 unspecified atom stereocenters. The van der Waals surface area contributed by atoms with Crippen LogP contribution in [0.25, 0.3) is 10.8 Å². The predicted molar refractivity (Wildman–Crippen MR) is 128 cm³/mol. The van der Waals surface area contributed by atoms with Gasteiger partial charge in [-0.3, -0.25) is 14.5 Å². The summed E-state index contributed by atoms with van der Waals surface area (Å²) in [5.41, 5.74) is 3.12. The fourth-order valence-electron chi connectivity index (χ4n) is 5.18. The molecule has 0 radical (unpaired) electrons. The Morgan fingerprint density at radius 3 is 2.61 bits per heavy atom. The molecule has 7 heteroatoms. The third-order valence-corrected chi connectivity index (χ3v) is 7.04. The van der Waals surface area contributed by atoms with E-state index in [1.54, 1.807) is 22.1 Å². The van der Waals surface area contributed by atoms with Gasteiger partial charge in [-0.25, -0.2) is 4.98 Å². The number of aliphatic hydroxyl groups excluding tert-OH is 1. The van der Waals surface area contributed by atoms with Gasteiger partial charge >= 0.3 is 0 Å². The summed E-state index contributed by atoms with van der Waals surface area (Å²) in [5.74, 6) is -0.256. The van der Waals surface area contributed by atoms with Gasteiger partial charge in [0, 0.05) is 18.5 Å². The van der Waals surface area contributed by atoms with Gasteiger partial charge in [-0.05, 0) is 47.9 Å². The molecule has 2 amide bonds. The molecule has 1 aromatic heterocycles. The topological polar surface area (TPSA) is 73.7 Å². The minimum absolute atomic E-state index is 0.126. The first-order valence-electron chi connectivity index (χ1n) is 11.4. The highest BCUT2D eigenvalue weighted by atomic mass is 35.5. The Kier molecular flexibility index (Phi) is 5.81. The number of carbonyl (C=O) groups is 2. The van der Waals surface area contributed by atoms with Crippen molar-refractivity contribution in [1.29, 1.82) is 0 Å². The number of nitrogens with zero attached hydrogens (tertiary/aromatic N) is 3. The fourth-order valence-corrected chi connectivity index (χ4v) is 5.29. The van der Waals surface area contributed by atoms with E-state index in [0.29, 0.717) is 29.2 Å². The number of pyridine rings is 1. The molecule has 2 aliphatic rings. The Morgan fingerprint density at radius 2 is 1.91 bits per heavy atom. The van der Waals surface area contributed by atoms with Gasteiger partial charge in [0.05, 0.1) is 23.4 Å². The van der Waals surface area contributed by atoms with Crippen molar-refractivity contribution in [3.05, 3.63) is 70.5 Å². The van der Waals surface area contributed by atoms with Crippen LogP contribution in [0.1, 0.15) is 54.1 Å². The van der Waals surface area contributed by atoms with E-state index in [1.165, 1.54) is 6.92 Å². The number of fused-ring (bicyclic) bond motifs is 3. The Hall–Kier alpha value is -2.96. The molecule has 2 aromatic carbocycles. The van der Waals surface area contributed by atoms with Gasteiger partial charge in [0.25, 0.3) is 5.91 Å². The van der Waals surface area contributed by atoms with Gasteiger partial charge in [0.1, 0.15) is 11.8 Å². The molecule has 0 bridgehead atoms. The highest BCUT2D eigenvalue weighted by Crippen LogP contribution is 2.39. The number of rotatable bonds is 3. The van der Waals surface area contributed by atoms with Crippen LogP contribution in [0.2, 0.25) is 5.15 Å². The number of anilines is 1. The fraction of sp³-hybridized carbons (Fsp3) is 0.346. The quantitative estimate of drug-likeness (QED) is 0.578. The lowest BCUT2D eigenvalue weighted by Gasteiger charge is -2.44. The van der Waals surface area contributed by atoms with Crippen molar-refractivity contribution in [2.45, 2.75) is 51.2 Å². The van der Waals surface area contributed by atoms with Crippen molar-refractivity contribution >= 4 is 39.9 Å². The first kappa shape index (κ1) is 21.9. The lowest BCUT2D eigenvalue weighted by Crippen LogP contribution is -2.56. The molecule has 1 saturated carbocycles. The molecule has 5 rings (SSSR count). The first-order valence-corrected chi connectivity index (χ1v) is 11.7. The second kappa shape index (κ2) is 8.76. The van der Waals surface area contributed by atoms with Crippen LogP contribution in [0.3, 0.4) is 0 Å². The highest BCUT2D eigenvalue weighted by molar-refractivity contribution is 6.29. The zero-order valence-electron chi connectivity index (χ0n) is 18.5. The van der Waals surface area contributed by atoms with E-state index >= 15 is 0 Å². The van der Waals surface area contributed by atoms with Gasteiger partial charge in [-0.15, -0.1) is 0 Å². The van der Waals surface area contributed by atoms with Crippen molar-refractivity contribution in [2.75, 3.05) is 11.6 Å². The smallest absolute Gasteiger partial charge is 0.257 e. The van der Waals surface area contributed by atoms with Crippen LogP contribution in [0.15, 0.2) is 48.7 Å². The maximum atomic E-state index is 13.8. The van der Waals surface area contributed by atoms with E-state index in [9.17, 15) is 14.7 Å². The second-order valence-electron chi connectivity index (χ2n) is 8.93. The third kappa shape index (κ3) is 3.98. The molecule has 0 spiro atoms. The van der Waals surface area contributed by atoms with Crippen molar-refractivity contribution in [1.82, 2.24) is 9.88 Å². The summed E-state index contributed by atoms with van der Waals surface area (Å²) in [6.07, 6.45) is 5.08. The second-order valence-corrected chi connectivity index (χ2v) is 9.31. The lowest BCUT2D eigenvalue weighted by atomic mass is 9.89. The maximum Gasteiger partial charge on any atom is 0.257 e. The Labute approximate surface area is 197 Å². The molecule has 33 heavy (non-hydrogen) atoms. The number of benzene rings is 2. The van der Waals surface area contributed by atoms with Crippen molar-refractivity contribution in [3.63, 3.8) is 0 Å². The summed E-state index contributed by atoms with van der Waals surface area (Å²) >= 11 is 5.95. The summed E-state index contributed by atoms with van der Waals surface area (Å²) in [6, 6.07) is 13.2. The minimum atomic E-state index is -0.571. The Morgan fingerprint density at radius 1 is 1.15 bits per heavy atom. The van der Waals surface area contributed by atoms with Crippen LogP contribution < -0.4 is 4.90 Å². The Bertz CT molecular complexity index is 1230. The number of carbonyl (C=O) groups excluding carboxylic acids is 2. The third-order valence-electron chi connectivity index (χ3n) is 6.81. The average Bonchev–Trinajstić information content (AvgIpc) is 2.81. The van der Waals surface area contributed by atoms with E-state index in [0.717, 1.165) is 41.2 Å². The standard InChI is InChI=1S/C26H26ClN3O3/c1-16(31)29-15-30(22-8-4-5-9-23(22)32)26(33)21-13-18(12-17-10-11-24(27)28-14-17)19-6-2-3-7-20(19)25(21)29/h2-3,6-7,10-11,13-14,22-23,32H,4-5,8-9,12,15H2,1H3/t22-,23-/m0/s1. The molecule has 1 aliphatic heterocycles. The summed E-state index contributed by atoms with van der Waals surface area (Å²) in [6.45, 7) is 1.68. The summed E-state index contributed by atoms with van der Waals surface area (Å²) in [5, 5.41) is 12.9. The van der Waals surface area contributed by atoms with Crippen LogP contribution in [0, 0.1) is 0 Å². The van der Waals surface area contributed by atoms with Crippen LogP contribution in [0.5, 0.6) is 0 Å². The molecule has 6 nitrogen and oxygen atoms in total. The first-order chi connectivity index (χ1) is 15.9. The molecule has 1 fully saturated rings. The Balaban J connectivity index is 1.66. The summed E-state index contributed by atoms with van der Waals surface area (Å²) < 4.78 is 0. The number of aromatic nitrogens is 1. The van der Waals surface area contributed by atoms with E-state index < -0.39 is 6.10 Å². The molecular formula is C26H26ClN3O3. The van der Waals surface area contributed by atoms with Gasteiger partial charge in [0.15, 0.2) is 0 Å². The van der Waals surface area contributed by atoms with Crippen LogP contribution in [0.4, 0.5) is 5.69 Å². The van der Waals surface area contributed by atoms with E-state index in [1.807, 2.05) is 36.4 Å². The largest absolute Gasteiger partial charge is 0.391 e. The van der Waals surface area contributed by atoms with E-state index in [4.69, 9.17) is 11.6 Å². The van der Waals surface area contributed by atoms with E-state index in [-0.39, 0.29) is 24.5 Å². The summed E-state index contributed by atoms with van der Waals surface area (Å²) in [7, 11) is 0. The normalized spacial score (nSPS) is 20.8. The lowest BCUT2D eigenvalue weighted by molar-refractivity contribution is -0.117. The number of hydrogen-bond donors (Lipinski definition) is 1. The maximum absolute atomic E-state index is 13.8. The number of halogens is 1. The molecule has 1 N–H and O–H groups in total. The zero-order valence-corrected chi connectivity index (χ0v) is 19.3. The summed E-state index contributed by atoms with van der Waals surface area (Å²) in [4.78, 5) is 34.1. The average molecular weight is 464 g/mol. The van der Waals surface area contributed by atoms with Crippen LogP contribution in [-0.4, -0.2) is 45.6 Å². The van der Waals surface area contributed by atoms with Gasteiger partial charge in [-0.2, -0.15) is 0 Å². The van der Waals surface area contributed by atoms with Gasteiger partial charge in [-0.1, -0.05) is 54.8 Å². The minimum Gasteiger partial charge on any atom is -0.391 e. The molecule has 3 aromatic rings. The van der Waals surface area contributed by atoms with Gasteiger partial charge in [0.2, 0.25) is 5.91 Å². The van der Waals surface area contributed by atoms with Crippen molar-refractivity contribution in [3.8, 4) is 0 Å². The van der Waals surface area contributed by atoms with Crippen molar-refractivity contribution < 1.29 is 14.7 Å². The molecule has 2 heterocycles. The zero-order chi connectivity index (χ0) is 23.1. The van der Waals surface area contributed by atoms with Crippen LogP contribution >= 0.6 is 11.6 Å². The molecule has 170 valence electrons. The number of aliphatic hydroxyl groups is 1. The molecule has 0 saturated heterocycles. The number of amides is 2. The highest BCUT2D eigenvalue weighted by Gasteiger charge is 2.39. The molecular weight excluding hydrogens is 438 g/mol.